The van der Waals surface area contributed by atoms with Gasteiger partial charge >= 0.3 is 5.97 Å². The predicted molar refractivity (Wildman–Crippen MR) is 84.5 cm³/mol. The van der Waals surface area contributed by atoms with Crippen LogP contribution in [0.2, 0.25) is 0 Å². The van der Waals surface area contributed by atoms with Gasteiger partial charge in [-0.15, -0.1) is 11.8 Å². The number of thioether (sulfide) groups is 1. The van der Waals surface area contributed by atoms with E-state index in [1.165, 1.54) is 4.90 Å². The van der Waals surface area contributed by atoms with Gasteiger partial charge in [-0.05, 0) is 19.2 Å². The van der Waals surface area contributed by atoms with E-state index in [1.807, 2.05) is 30.3 Å². The number of carbonyl (C=O) groups excluding carboxylic acids is 1. The Morgan fingerprint density at radius 1 is 1.33 bits per heavy atom. The molecule has 5 nitrogen and oxygen atoms in total. The lowest BCUT2D eigenvalue weighted by Gasteiger charge is -2.18. The first kappa shape index (κ1) is 17.5. The molecule has 1 aromatic rings. The van der Waals surface area contributed by atoms with Crippen LogP contribution in [0.4, 0.5) is 0 Å². The van der Waals surface area contributed by atoms with E-state index >= 15 is 0 Å². The summed E-state index contributed by atoms with van der Waals surface area (Å²) in [5.41, 5.74) is 0. The van der Waals surface area contributed by atoms with Crippen molar-refractivity contribution in [2.75, 3.05) is 32.4 Å². The highest BCUT2D eigenvalue weighted by Crippen LogP contribution is 2.15. The third-order valence-electron chi connectivity index (χ3n) is 2.86. The van der Waals surface area contributed by atoms with Crippen LogP contribution in [0.5, 0.6) is 0 Å². The number of aliphatic carboxylic acids is 1. The molecule has 0 bridgehead atoms. The first-order chi connectivity index (χ1) is 9.99. The number of nitrogens with one attached hydrogen (secondary N) is 1. The van der Waals surface area contributed by atoms with Crippen molar-refractivity contribution < 1.29 is 14.7 Å². The van der Waals surface area contributed by atoms with Crippen molar-refractivity contribution in [3.8, 4) is 0 Å². The summed E-state index contributed by atoms with van der Waals surface area (Å²) in [5, 5.41) is 11.7. The number of likely N-dealkylation sites (N-methyl/N-ethyl adjacent to an activating group) is 1. The molecule has 6 heteroatoms. The van der Waals surface area contributed by atoms with Crippen molar-refractivity contribution in [3.05, 3.63) is 30.3 Å². The Morgan fingerprint density at radius 3 is 2.62 bits per heavy atom. The van der Waals surface area contributed by atoms with E-state index in [1.54, 1.807) is 30.6 Å². The number of carbonyl (C=O) groups is 2. The van der Waals surface area contributed by atoms with E-state index in [-0.39, 0.29) is 12.5 Å². The zero-order valence-electron chi connectivity index (χ0n) is 12.4. The van der Waals surface area contributed by atoms with Gasteiger partial charge in [-0.1, -0.05) is 25.1 Å². The van der Waals surface area contributed by atoms with Crippen LogP contribution in [0.3, 0.4) is 0 Å². The van der Waals surface area contributed by atoms with Crippen LogP contribution in [0.1, 0.15) is 6.92 Å². The minimum Gasteiger partial charge on any atom is -0.481 e. The van der Waals surface area contributed by atoms with Gasteiger partial charge in [0.05, 0.1) is 12.5 Å². The molecule has 1 aromatic carbocycles. The summed E-state index contributed by atoms with van der Waals surface area (Å²) in [5.74, 6) is -0.591. The highest BCUT2D eigenvalue weighted by atomic mass is 32.2. The van der Waals surface area contributed by atoms with E-state index in [2.05, 4.69) is 5.32 Å². The molecule has 1 amide bonds. The quantitative estimate of drug-likeness (QED) is 0.535. The largest absolute Gasteiger partial charge is 0.481 e. The molecular weight excluding hydrogens is 288 g/mol. The summed E-state index contributed by atoms with van der Waals surface area (Å²) in [7, 11) is 1.75. The Bertz CT molecular complexity index is 453. The molecule has 1 atom stereocenters. The van der Waals surface area contributed by atoms with Gasteiger partial charge in [-0.3, -0.25) is 14.5 Å². The first-order valence-corrected chi connectivity index (χ1v) is 7.83. The highest BCUT2D eigenvalue weighted by Gasteiger charge is 2.15. The van der Waals surface area contributed by atoms with Crippen LogP contribution in [-0.2, 0) is 9.59 Å². The van der Waals surface area contributed by atoms with E-state index in [9.17, 15) is 9.59 Å². The summed E-state index contributed by atoms with van der Waals surface area (Å²) >= 11 is 1.69. The summed E-state index contributed by atoms with van der Waals surface area (Å²) in [6.07, 6.45) is 0. The van der Waals surface area contributed by atoms with Crippen molar-refractivity contribution in [1.29, 1.82) is 0 Å². The zero-order chi connectivity index (χ0) is 15.7. The summed E-state index contributed by atoms with van der Waals surface area (Å²) in [6.45, 7) is 2.81. The number of hydrogen-bond donors (Lipinski definition) is 2. The molecule has 0 spiro atoms. The lowest BCUT2D eigenvalue weighted by atomic mass is 10.2. The summed E-state index contributed by atoms with van der Waals surface area (Å²) < 4.78 is 0. The van der Waals surface area contributed by atoms with Gasteiger partial charge in [0.1, 0.15) is 0 Å². The van der Waals surface area contributed by atoms with Gasteiger partial charge in [-0.25, -0.2) is 0 Å². The van der Waals surface area contributed by atoms with Crippen LogP contribution in [0.15, 0.2) is 35.2 Å². The molecule has 1 unspecified atom stereocenters. The fourth-order valence-electron chi connectivity index (χ4n) is 1.79. The highest BCUT2D eigenvalue weighted by molar-refractivity contribution is 7.99. The number of carboxylic acids is 1. The van der Waals surface area contributed by atoms with Gasteiger partial charge in [0, 0.05) is 23.7 Å². The van der Waals surface area contributed by atoms with Crippen molar-refractivity contribution in [3.63, 3.8) is 0 Å². The molecule has 116 valence electrons. The Kier molecular flexibility index (Phi) is 7.85. The molecule has 0 heterocycles. The maximum absolute atomic E-state index is 11.7. The minimum atomic E-state index is -0.846. The minimum absolute atomic E-state index is 0.0799. The van der Waals surface area contributed by atoms with Crippen molar-refractivity contribution >= 4 is 23.6 Å². The average molecular weight is 310 g/mol. The molecule has 1 rings (SSSR count). The standard InChI is InChI=1S/C15H22N2O3S/c1-12(15(19)20)10-17(2)11-14(18)16-8-9-21-13-6-4-3-5-7-13/h3-7,12H,8-11H2,1-2H3,(H,16,18)(H,19,20). The average Bonchev–Trinajstić information content (AvgIpc) is 2.44. The van der Waals surface area contributed by atoms with Gasteiger partial charge < -0.3 is 10.4 Å². The molecule has 0 aliphatic carbocycles. The Morgan fingerprint density at radius 2 is 2.00 bits per heavy atom. The molecule has 0 radical (unpaired) electrons. The number of rotatable bonds is 9. The maximum Gasteiger partial charge on any atom is 0.307 e. The smallest absolute Gasteiger partial charge is 0.307 e. The third-order valence-corrected chi connectivity index (χ3v) is 3.87. The van der Waals surface area contributed by atoms with E-state index in [0.717, 1.165) is 5.75 Å². The molecule has 21 heavy (non-hydrogen) atoms. The molecule has 0 aliphatic rings. The van der Waals surface area contributed by atoms with Crippen LogP contribution in [0.25, 0.3) is 0 Å². The topological polar surface area (TPSA) is 69.6 Å². The second kappa shape index (κ2) is 9.41. The van der Waals surface area contributed by atoms with Crippen molar-refractivity contribution in [1.82, 2.24) is 10.2 Å². The fraction of sp³-hybridized carbons (Fsp3) is 0.467. The van der Waals surface area contributed by atoms with E-state index < -0.39 is 11.9 Å². The summed E-state index contributed by atoms with van der Waals surface area (Å²) in [4.78, 5) is 25.3. The molecule has 0 fully saturated rings. The normalized spacial score (nSPS) is 12.1. The second-order valence-electron chi connectivity index (χ2n) is 4.95. The van der Waals surface area contributed by atoms with Crippen molar-refractivity contribution in [2.45, 2.75) is 11.8 Å². The molecular formula is C15H22N2O3S. The molecule has 2 N–H and O–H groups in total. The molecule has 0 aromatic heterocycles. The lowest BCUT2D eigenvalue weighted by Crippen LogP contribution is -2.38. The van der Waals surface area contributed by atoms with Crippen LogP contribution in [-0.4, -0.2) is 54.3 Å². The van der Waals surface area contributed by atoms with Crippen LogP contribution < -0.4 is 5.32 Å². The SMILES string of the molecule is CC(CN(C)CC(=O)NCCSc1ccccc1)C(=O)O. The van der Waals surface area contributed by atoms with Crippen LogP contribution >= 0.6 is 11.8 Å². The number of nitrogens with zero attached hydrogens (tertiary/aromatic N) is 1. The van der Waals surface area contributed by atoms with E-state index in [0.29, 0.717) is 13.1 Å². The first-order valence-electron chi connectivity index (χ1n) is 6.85. The molecule has 0 saturated carbocycles. The number of carboxylic acid groups (broad SMARTS) is 1. The summed E-state index contributed by atoms with van der Waals surface area (Å²) in [6, 6.07) is 10.0. The molecule has 0 saturated heterocycles. The Balaban J connectivity index is 2.15. The monoisotopic (exact) mass is 310 g/mol. The zero-order valence-corrected chi connectivity index (χ0v) is 13.2. The predicted octanol–water partition coefficient (Wildman–Crippen LogP) is 1.55. The maximum atomic E-state index is 11.7. The number of amides is 1. The third kappa shape index (κ3) is 7.72. The van der Waals surface area contributed by atoms with Gasteiger partial charge in [0.15, 0.2) is 0 Å². The Labute approximate surface area is 129 Å². The van der Waals surface area contributed by atoms with Crippen molar-refractivity contribution in [2.24, 2.45) is 5.92 Å². The van der Waals surface area contributed by atoms with Gasteiger partial charge in [-0.2, -0.15) is 0 Å². The Hall–Kier alpha value is -1.53. The van der Waals surface area contributed by atoms with Gasteiger partial charge in [0.25, 0.3) is 0 Å². The second-order valence-corrected chi connectivity index (χ2v) is 6.12. The number of hydrogen-bond acceptors (Lipinski definition) is 4. The number of benzene rings is 1. The van der Waals surface area contributed by atoms with Crippen LogP contribution in [0, 0.1) is 5.92 Å². The molecule has 0 aliphatic heterocycles. The van der Waals surface area contributed by atoms with E-state index in [4.69, 9.17) is 5.11 Å². The lowest BCUT2D eigenvalue weighted by molar-refractivity contribution is -0.142. The van der Waals surface area contributed by atoms with Gasteiger partial charge in [0.2, 0.25) is 5.91 Å². The fourth-order valence-corrected chi connectivity index (χ4v) is 2.58.